The number of para-hydroxylation sites is 1. The molecule has 1 aromatic carbocycles. The van der Waals surface area contributed by atoms with Gasteiger partial charge in [-0.15, -0.1) is 0 Å². The molecule has 0 unspecified atom stereocenters. The summed E-state index contributed by atoms with van der Waals surface area (Å²) in [6.45, 7) is 2.85. The van der Waals surface area contributed by atoms with Crippen LogP contribution in [0, 0.1) is 0 Å². The van der Waals surface area contributed by atoms with Gasteiger partial charge >= 0.3 is 0 Å². The SMILES string of the molecule is CCOc1ccccc1CCNC(=O)CNC(=O)CN. The Morgan fingerprint density at radius 3 is 2.65 bits per heavy atom. The number of hydrogen-bond acceptors (Lipinski definition) is 4. The summed E-state index contributed by atoms with van der Waals surface area (Å²) in [6.07, 6.45) is 0.673. The lowest BCUT2D eigenvalue weighted by atomic mass is 10.1. The number of benzene rings is 1. The van der Waals surface area contributed by atoms with E-state index in [-0.39, 0.29) is 24.9 Å². The third-order valence-electron chi connectivity index (χ3n) is 2.62. The average Bonchev–Trinajstić information content (AvgIpc) is 2.46. The van der Waals surface area contributed by atoms with Gasteiger partial charge in [0.05, 0.1) is 19.7 Å². The molecule has 6 nitrogen and oxygen atoms in total. The van der Waals surface area contributed by atoms with Gasteiger partial charge in [0.2, 0.25) is 11.8 Å². The number of ether oxygens (including phenoxy) is 1. The summed E-state index contributed by atoms with van der Waals surface area (Å²) in [5, 5.41) is 5.14. The lowest BCUT2D eigenvalue weighted by Gasteiger charge is -2.10. The summed E-state index contributed by atoms with van der Waals surface area (Å²) >= 11 is 0. The molecular formula is C14H21N3O3. The van der Waals surface area contributed by atoms with Crippen molar-refractivity contribution in [2.75, 3.05) is 26.2 Å². The van der Waals surface area contributed by atoms with Crippen LogP contribution in [0.4, 0.5) is 0 Å². The highest BCUT2D eigenvalue weighted by Gasteiger charge is 2.05. The minimum absolute atomic E-state index is 0.0524. The zero-order chi connectivity index (χ0) is 14.8. The summed E-state index contributed by atoms with van der Waals surface area (Å²) < 4.78 is 5.50. The minimum atomic E-state index is -0.346. The van der Waals surface area contributed by atoms with Crippen LogP contribution in [0.2, 0.25) is 0 Å². The molecule has 2 amide bonds. The maximum absolute atomic E-state index is 11.5. The van der Waals surface area contributed by atoms with Crippen molar-refractivity contribution in [3.8, 4) is 5.75 Å². The van der Waals surface area contributed by atoms with Crippen LogP contribution in [0.25, 0.3) is 0 Å². The third-order valence-corrected chi connectivity index (χ3v) is 2.62. The highest BCUT2D eigenvalue weighted by molar-refractivity contribution is 5.85. The van der Waals surface area contributed by atoms with E-state index in [4.69, 9.17) is 10.5 Å². The van der Waals surface area contributed by atoms with Crippen molar-refractivity contribution in [2.24, 2.45) is 5.73 Å². The summed E-state index contributed by atoms with van der Waals surface area (Å²) in [6, 6.07) is 7.71. The summed E-state index contributed by atoms with van der Waals surface area (Å²) in [5.41, 5.74) is 6.16. The molecule has 0 atom stereocenters. The number of nitrogens with two attached hydrogens (primary N) is 1. The molecule has 6 heteroatoms. The fourth-order valence-corrected chi connectivity index (χ4v) is 1.66. The smallest absolute Gasteiger partial charge is 0.239 e. The number of carbonyl (C=O) groups excluding carboxylic acids is 2. The maximum atomic E-state index is 11.5. The molecule has 1 aromatic rings. The molecule has 0 aliphatic heterocycles. The van der Waals surface area contributed by atoms with Crippen molar-refractivity contribution in [1.29, 1.82) is 0 Å². The van der Waals surface area contributed by atoms with Crippen LogP contribution in [0.3, 0.4) is 0 Å². The van der Waals surface area contributed by atoms with E-state index in [0.717, 1.165) is 11.3 Å². The molecule has 4 N–H and O–H groups in total. The van der Waals surface area contributed by atoms with Crippen LogP contribution < -0.4 is 21.1 Å². The summed E-state index contributed by atoms with van der Waals surface area (Å²) in [4.78, 5) is 22.4. The molecule has 0 aliphatic carbocycles. The average molecular weight is 279 g/mol. The second-order valence-electron chi connectivity index (χ2n) is 4.12. The highest BCUT2D eigenvalue weighted by atomic mass is 16.5. The molecule has 0 heterocycles. The van der Waals surface area contributed by atoms with Crippen LogP contribution in [0.15, 0.2) is 24.3 Å². The Morgan fingerprint density at radius 2 is 1.95 bits per heavy atom. The normalized spacial score (nSPS) is 9.90. The summed E-state index contributed by atoms with van der Waals surface area (Å²) in [7, 11) is 0. The van der Waals surface area contributed by atoms with Crippen LogP contribution in [0.5, 0.6) is 5.75 Å². The van der Waals surface area contributed by atoms with Crippen molar-refractivity contribution in [1.82, 2.24) is 10.6 Å². The molecule has 0 radical (unpaired) electrons. The van der Waals surface area contributed by atoms with Gasteiger partial charge in [0.15, 0.2) is 0 Å². The first-order chi connectivity index (χ1) is 9.67. The Kier molecular flexibility index (Phi) is 7.13. The van der Waals surface area contributed by atoms with E-state index in [1.807, 2.05) is 31.2 Å². The Balaban J connectivity index is 2.33. The van der Waals surface area contributed by atoms with Crippen LogP contribution >= 0.6 is 0 Å². The monoisotopic (exact) mass is 279 g/mol. The number of amides is 2. The third kappa shape index (κ3) is 5.71. The van der Waals surface area contributed by atoms with Gasteiger partial charge in [-0.25, -0.2) is 0 Å². The Bertz CT molecular complexity index is 449. The fourth-order valence-electron chi connectivity index (χ4n) is 1.66. The quantitative estimate of drug-likeness (QED) is 0.615. The van der Waals surface area contributed by atoms with Crippen LogP contribution in [0.1, 0.15) is 12.5 Å². The van der Waals surface area contributed by atoms with Gasteiger partial charge in [-0.3, -0.25) is 9.59 Å². The molecule has 0 aliphatic rings. The van der Waals surface area contributed by atoms with E-state index >= 15 is 0 Å². The Morgan fingerprint density at radius 1 is 1.20 bits per heavy atom. The van der Waals surface area contributed by atoms with E-state index in [0.29, 0.717) is 19.6 Å². The predicted molar refractivity (Wildman–Crippen MR) is 76.4 cm³/mol. The zero-order valence-electron chi connectivity index (χ0n) is 11.6. The lowest BCUT2D eigenvalue weighted by molar-refractivity contribution is -0.125. The lowest BCUT2D eigenvalue weighted by Crippen LogP contribution is -2.40. The molecule has 110 valence electrons. The van der Waals surface area contributed by atoms with Gasteiger partial charge in [-0.2, -0.15) is 0 Å². The van der Waals surface area contributed by atoms with Crippen molar-refractivity contribution in [3.63, 3.8) is 0 Å². The Labute approximate surface area is 118 Å². The molecule has 1 rings (SSSR count). The molecule has 0 bridgehead atoms. The first-order valence-corrected chi connectivity index (χ1v) is 6.61. The topological polar surface area (TPSA) is 93.5 Å². The Hall–Kier alpha value is -2.08. The first-order valence-electron chi connectivity index (χ1n) is 6.61. The molecule has 0 saturated carbocycles. The number of hydrogen-bond donors (Lipinski definition) is 3. The highest BCUT2D eigenvalue weighted by Crippen LogP contribution is 2.17. The summed E-state index contributed by atoms with van der Waals surface area (Å²) in [5.74, 6) is 0.253. The second kappa shape index (κ2) is 8.92. The fraction of sp³-hybridized carbons (Fsp3) is 0.429. The number of carbonyl (C=O) groups is 2. The molecule has 0 fully saturated rings. The zero-order valence-corrected chi connectivity index (χ0v) is 11.6. The van der Waals surface area contributed by atoms with Gasteiger partial charge in [-0.1, -0.05) is 18.2 Å². The van der Waals surface area contributed by atoms with Gasteiger partial charge in [0.1, 0.15) is 5.75 Å². The molecular weight excluding hydrogens is 258 g/mol. The van der Waals surface area contributed by atoms with Gasteiger partial charge in [0, 0.05) is 6.54 Å². The van der Waals surface area contributed by atoms with Crippen molar-refractivity contribution < 1.29 is 14.3 Å². The molecule has 20 heavy (non-hydrogen) atoms. The number of nitrogens with one attached hydrogen (secondary N) is 2. The van der Waals surface area contributed by atoms with E-state index in [9.17, 15) is 9.59 Å². The predicted octanol–water partition coefficient (Wildman–Crippen LogP) is -0.181. The van der Waals surface area contributed by atoms with Gasteiger partial charge < -0.3 is 21.1 Å². The molecule has 0 aromatic heterocycles. The van der Waals surface area contributed by atoms with Crippen LogP contribution in [-0.2, 0) is 16.0 Å². The van der Waals surface area contributed by atoms with E-state index in [2.05, 4.69) is 10.6 Å². The number of rotatable bonds is 8. The maximum Gasteiger partial charge on any atom is 0.239 e. The molecule has 0 saturated heterocycles. The van der Waals surface area contributed by atoms with Crippen molar-refractivity contribution >= 4 is 11.8 Å². The van der Waals surface area contributed by atoms with Crippen molar-refractivity contribution in [3.05, 3.63) is 29.8 Å². The van der Waals surface area contributed by atoms with Crippen molar-refractivity contribution in [2.45, 2.75) is 13.3 Å². The standard InChI is InChI=1S/C14H21N3O3/c1-2-20-12-6-4-3-5-11(12)7-8-16-14(19)10-17-13(18)9-15/h3-6H,2,7-10,15H2,1H3,(H,16,19)(H,17,18). The van der Waals surface area contributed by atoms with E-state index < -0.39 is 0 Å². The van der Waals surface area contributed by atoms with Gasteiger partial charge in [-0.05, 0) is 25.0 Å². The minimum Gasteiger partial charge on any atom is -0.494 e. The van der Waals surface area contributed by atoms with Gasteiger partial charge in [0.25, 0.3) is 0 Å². The largest absolute Gasteiger partial charge is 0.494 e. The molecule has 0 spiro atoms. The van der Waals surface area contributed by atoms with E-state index in [1.165, 1.54) is 0 Å². The van der Waals surface area contributed by atoms with Crippen LogP contribution in [-0.4, -0.2) is 38.1 Å². The first kappa shape index (κ1) is 16.0. The van der Waals surface area contributed by atoms with E-state index in [1.54, 1.807) is 0 Å². The second-order valence-corrected chi connectivity index (χ2v) is 4.12.